The van der Waals surface area contributed by atoms with Crippen LogP contribution in [0.5, 0.6) is 0 Å². The minimum absolute atomic E-state index is 0.0134. The standard InChI is InChI=1S/C38H36N4/c1-37(2,3)24-18-27-28-19-25(38(4,5)6)21-30(35(28)42-34(27)29(20-24)31-14-9-10-17-39-31)32-15-11-16-33(41-32)36-26-13-8-7-12-23(26)22-40-36/h7-22,40,42H,1-6H3. The van der Waals surface area contributed by atoms with E-state index in [1.54, 1.807) is 0 Å². The largest absolute Gasteiger partial charge is 0.359 e. The molecule has 0 saturated heterocycles. The summed E-state index contributed by atoms with van der Waals surface area (Å²) in [6.07, 6.45) is 3.93. The number of pyridine rings is 2. The molecule has 4 heterocycles. The lowest BCUT2D eigenvalue weighted by atomic mass is 9.83. The Morgan fingerprint density at radius 1 is 0.571 bits per heavy atom. The number of hydrogen-bond donors (Lipinski definition) is 2. The van der Waals surface area contributed by atoms with Crippen LogP contribution in [0.1, 0.15) is 52.7 Å². The van der Waals surface area contributed by atoms with Crippen LogP contribution in [-0.2, 0) is 10.8 Å². The molecule has 0 saturated carbocycles. The molecule has 0 fully saturated rings. The SMILES string of the molecule is CC(C)(C)c1cc(-c2ccccn2)c2[nH]c3c(-c4cccc(-c5[nH]cc6ccccc56)n4)cc(C(C)(C)C)cc3c2c1. The first kappa shape index (κ1) is 26.2. The average Bonchev–Trinajstić information content (AvgIpc) is 3.58. The first-order chi connectivity index (χ1) is 20.1. The molecule has 0 spiro atoms. The number of aromatic nitrogens is 4. The molecule has 0 amide bonds. The molecule has 2 N–H and O–H groups in total. The molecular weight excluding hydrogens is 512 g/mol. The lowest BCUT2D eigenvalue weighted by Crippen LogP contribution is -2.11. The third kappa shape index (κ3) is 4.39. The molecule has 3 aromatic carbocycles. The second-order valence-corrected chi connectivity index (χ2v) is 13.4. The van der Waals surface area contributed by atoms with E-state index in [-0.39, 0.29) is 10.8 Å². The van der Waals surface area contributed by atoms with Gasteiger partial charge in [0.05, 0.1) is 33.8 Å². The Balaban J connectivity index is 1.54. The quantitative estimate of drug-likeness (QED) is 0.231. The molecular formula is C38H36N4. The van der Waals surface area contributed by atoms with Crippen LogP contribution in [0.2, 0.25) is 0 Å². The van der Waals surface area contributed by atoms with E-state index in [9.17, 15) is 0 Å². The van der Waals surface area contributed by atoms with E-state index in [0.29, 0.717) is 0 Å². The number of nitrogens with one attached hydrogen (secondary N) is 2. The lowest BCUT2D eigenvalue weighted by Gasteiger charge is -2.21. The predicted octanol–water partition coefficient (Wildman–Crippen LogP) is 10.2. The number of fused-ring (bicyclic) bond motifs is 4. The topological polar surface area (TPSA) is 57.4 Å². The van der Waals surface area contributed by atoms with Gasteiger partial charge in [-0.1, -0.05) is 77.9 Å². The zero-order chi connectivity index (χ0) is 29.2. The number of rotatable bonds is 3. The normalized spacial score (nSPS) is 12.5. The molecule has 0 bridgehead atoms. The minimum Gasteiger partial charge on any atom is -0.359 e. The van der Waals surface area contributed by atoms with Crippen LogP contribution in [0.25, 0.3) is 66.5 Å². The van der Waals surface area contributed by atoms with Crippen LogP contribution in [-0.4, -0.2) is 19.9 Å². The van der Waals surface area contributed by atoms with E-state index in [2.05, 4.69) is 137 Å². The second kappa shape index (κ2) is 9.42. The molecule has 0 radical (unpaired) electrons. The van der Waals surface area contributed by atoms with Crippen molar-refractivity contribution >= 4 is 32.6 Å². The maximum absolute atomic E-state index is 5.25. The van der Waals surface area contributed by atoms with Gasteiger partial charge in [-0.05, 0) is 75.9 Å². The molecule has 4 nitrogen and oxygen atoms in total. The van der Waals surface area contributed by atoms with Crippen LogP contribution in [0.15, 0.2) is 97.3 Å². The van der Waals surface area contributed by atoms with Crippen LogP contribution in [0, 0.1) is 0 Å². The Morgan fingerprint density at radius 2 is 1.17 bits per heavy atom. The Kier molecular flexibility index (Phi) is 5.88. The third-order valence-electron chi connectivity index (χ3n) is 8.37. The Morgan fingerprint density at radius 3 is 1.81 bits per heavy atom. The summed E-state index contributed by atoms with van der Waals surface area (Å²) in [5.74, 6) is 0. The zero-order valence-electron chi connectivity index (χ0n) is 25.1. The molecule has 4 aromatic heterocycles. The zero-order valence-corrected chi connectivity index (χ0v) is 25.1. The van der Waals surface area contributed by atoms with Gasteiger partial charge in [-0.2, -0.15) is 0 Å². The van der Waals surface area contributed by atoms with Crippen LogP contribution < -0.4 is 0 Å². The summed E-state index contributed by atoms with van der Waals surface area (Å²) in [5.41, 5.74) is 10.8. The minimum atomic E-state index is -0.0365. The van der Waals surface area contributed by atoms with Gasteiger partial charge in [0.1, 0.15) is 0 Å². The summed E-state index contributed by atoms with van der Waals surface area (Å²) in [6.45, 7) is 13.7. The molecule has 0 aliphatic heterocycles. The van der Waals surface area contributed by atoms with Crippen molar-refractivity contribution in [2.45, 2.75) is 52.4 Å². The molecule has 0 aliphatic carbocycles. The Hall–Kier alpha value is -4.70. The molecule has 0 unspecified atom stereocenters. The monoisotopic (exact) mass is 548 g/mol. The van der Waals surface area contributed by atoms with Gasteiger partial charge in [-0.3, -0.25) is 4.98 Å². The lowest BCUT2D eigenvalue weighted by molar-refractivity contribution is 0.590. The number of aromatic amines is 2. The van der Waals surface area contributed by atoms with Crippen molar-refractivity contribution in [2.75, 3.05) is 0 Å². The first-order valence-corrected chi connectivity index (χ1v) is 14.7. The van der Waals surface area contributed by atoms with Crippen molar-refractivity contribution in [1.29, 1.82) is 0 Å². The highest BCUT2D eigenvalue weighted by Gasteiger charge is 2.24. The van der Waals surface area contributed by atoms with E-state index in [0.717, 1.165) is 44.9 Å². The van der Waals surface area contributed by atoms with Gasteiger partial charge in [-0.25, -0.2) is 4.98 Å². The first-order valence-electron chi connectivity index (χ1n) is 14.7. The van der Waals surface area contributed by atoms with Gasteiger partial charge in [-0.15, -0.1) is 0 Å². The highest BCUT2D eigenvalue weighted by molar-refractivity contribution is 6.15. The summed E-state index contributed by atoms with van der Waals surface area (Å²) < 4.78 is 0. The van der Waals surface area contributed by atoms with Crippen molar-refractivity contribution in [1.82, 2.24) is 19.9 Å². The fraction of sp³-hybridized carbons (Fsp3) is 0.211. The molecule has 42 heavy (non-hydrogen) atoms. The summed E-state index contributed by atoms with van der Waals surface area (Å²) in [6, 6.07) is 30.2. The van der Waals surface area contributed by atoms with E-state index < -0.39 is 0 Å². The Labute approximate surface area is 246 Å². The summed E-state index contributed by atoms with van der Waals surface area (Å²) in [5, 5.41) is 4.80. The average molecular weight is 549 g/mol. The molecule has 7 aromatic rings. The number of benzene rings is 3. The van der Waals surface area contributed by atoms with Crippen LogP contribution in [0.3, 0.4) is 0 Å². The van der Waals surface area contributed by atoms with E-state index >= 15 is 0 Å². The number of nitrogens with zero attached hydrogens (tertiary/aromatic N) is 2. The maximum atomic E-state index is 5.25. The molecule has 0 aliphatic rings. The number of hydrogen-bond acceptors (Lipinski definition) is 2. The van der Waals surface area contributed by atoms with Gasteiger partial charge in [0.15, 0.2) is 0 Å². The second-order valence-electron chi connectivity index (χ2n) is 13.4. The van der Waals surface area contributed by atoms with Gasteiger partial charge in [0.25, 0.3) is 0 Å². The molecule has 208 valence electrons. The van der Waals surface area contributed by atoms with E-state index in [1.807, 2.05) is 12.3 Å². The van der Waals surface area contributed by atoms with Crippen LogP contribution >= 0.6 is 0 Å². The fourth-order valence-electron chi connectivity index (χ4n) is 5.91. The fourth-order valence-corrected chi connectivity index (χ4v) is 5.91. The predicted molar refractivity (Wildman–Crippen MR) is 177 cm³/mol. The molecule has 7 rings (SSSR count). The highest BCUT2D eigenvalue weighted by Crippen LogP contribution is 2.42. The summed E-state index contributed by atoms with van der Waals surface area (Å²) in [7, 11) is 0. The van der Waals surface area contributed by atoms with Gasteiger partial charge < -0.3 is 9.97 Å². The van der Waals surface area contributed by atoms with Gasteiger partial charge in [0, 0.05) is 39.7 Å². The Bertz CT molecular complexity index is 2100. The molecule has 0 atom stereocenters. The summed E-state index contributed by atoms with van der Waals surface area (Å²) in [4.78, 5) is 17.3. The van der Waals surface area contributed by atoms with E-state index in [1.165, 1.54) is 32.7 Å². The van der Waals surface area contributed by atoms with Crippen molar-refractivity contribution in [2.24, 2.45) is 0 Å². The van der Waals surface area contributed by atoms with Crippen LogP contribution in [0.4, 0.5) is 0 Å². The van der Waals surface area contributed by atoms with Crippen molar-refractivity contribution in [3.8, 4) is 33.9 Å². The molecule has 4 heteroatoms. The van der Waals surface area contributed by atoms with E-state index in [4.69, 9.17) is 9.97 Å². The number of H-pyrrole nitrogens is 2. The van der Waals surface area contributed by atoms with Crippen molar-refractivity contribution in [3.05, 3.63) is 108 Å². The van der Waals surface area contributed by atoms with Gasteiger partial charge >= 0.3 is 0 Å². The van der Waals surface area contributed by atoms with Crippen molar-refractivity contribution < 1.29 is 0 Å². The third-order valence-corrected chi connectivity index (χ3v) is 8.37. The maximum Gasteiger partial charge on any atom is 0.0878 e. The summed E-state index contributed by atoms with van der Waals surface area (Å²) >= 11 is 0. The smallest absolute Gasteiger partial charge is 0.0878 e. The highest BCUT2D eigenvalue weighted by atomic mass is 14.8. The van der Waals surface area contributed by atoms with Crippen molar-refractivity contribution in [3.63, 3.8) is 0 Å². The van der Waals surface area contributed by atoms with Gasteiger partial charge in [0.2, 0.25) is 0 Å².